The minimum atomic E-state index is -3.87. The highest BCUT2D eigenvalue weighted by Gasteiger charge is 2.62. The van der Waals surface area contributed by atoms with Gasteiger partial charge in [0.15, 0.2) is 0 Å². The van der Waals surface area contributed by atoms with Crippen molar-refractivity contribution < 1.29 is 31.7 Å². The molecule has 4 rings (SSSR count). The second kappa shape index (κ2) is 9.01. The van der Waals surface area contributed by atoms with Gasteiger partial charge in [-0.1, -0.05) is 0 Å². The van der Waals surface area contributed by atoms with Crippen LogP contribution in [0, 0.1) is 18.6 Å². The molecular formula is C23H28F4N6O3S. The Balaban J connectivity index is 1.81. The lowest BCUT2D eigenvalue weighted by Crippen LogP contribution is -2.73. The zero-order valence-corrected chi connectivity index (χ0v) is 21.5. The van der Waals surface area contributed by atoms with Gasteiger partial charge >= 0.3 is 6.09 Å². The third-order valence-corrected chi connectivity index (χ3v) is 11.1. The van der Waals surface area contributed by atoms with Gasteiger partial charge < -0.3 is 10.4 Å². The first-order valence-electron chi connectivity index (χ1n) is 11.4. The highest BCUT2D eigenvalue weighted by Crippen LogP contribution is 2.50. The number of aliphatic imine (C=N–C) groups is 1. The number of aromatic nitrogens is 2. The van der Waals surface area contributed by atoms with Crippen molar-refractivity contribution in [3.05, 3.63) is 53.0 Å². The maximum absolute atomic E-state index is 15.3. The second-order valence-corrected chi connectivity index (χ2v) is 13.3. The van der Waals surface area contributed by atoms with Crippen LogP contribution in [0.15, 0.2) is 29.4 Å². The number of hydrogen-bond acceptors (Lipinski definition) is 6. The van der Waals surface area contributed by atoms with E-state index in [1.807, 2.05) is 0 Å². The number of nitrogens with zero attached hydrogens (tertiary/aromatic N) is 3. The summed E-state index contributed by atoms with van der Waals surface area (Å²) in [4.78, 5) is 24.2. The molecule has 2 aliphatic rings. The monoisotopic (exact) mass is 544 g/mol. The van der Waals surface area contributed by atoms with E-state index >= 15 is 4.39 Å². The molecule has 9 nitrogen and oxygen atoms in total. The van der Waals surface area contributed by atoms with Gasteiger partial charge in [-0.25, -0.2) is 27.3 Å². The number of alkyl halides is 2. The van der Waals surface area contributed by atoms with Crippen molar-refractivity contribution in [2.75, 3.05) is 11.9 Å². The normalized spacial score (nSPS) is 26.4. The predicted molar refractivity (Wildman–Crippen MR) is 131 cm³/mol. The van der Waals surface area contributed by atoms with Crippen LogP contribution in [0.3, 0.4) is 0 Å². The SMILES string of the molecule is Cc1cc(F)cnc1CNc1ccc(F)c([C@@]2(C)N=C(NC(=O)O)C(C)(C)[SH]3(=O)NCC(F)(F)C[C@H]23)n1. The van der Waals surface area contributed by atoms with Crippen molar-refractivity contribution in [3.8, 4) is 0 Å². The molecule has 0 radical (unpaired) electrons. The van der Waals surface area contributed by atoms with E-state index in [0.717, 1.165) is 12.3 Å². The molecule has 0 aromatic carbocycles. The molecule has 2 aliphatic heterocycles. The number of hydrogen-bond donors (Lipinski definition) is 5. The van der Waals surface area contributed by atoms with Crippen LogP contribution in [0.25, 0.3) is 0 Å². The topological polar surface area (TPSA) is 129 Å². The third kappa shape index (κ3) is 4.67. The smallest absolute Gasteiger partial charge is 0.410 e. The molecule has 2 atom stereocenters. The fourth-order valence-corrected chi connectivity index (χ4v) is 8.58. The number of nitrogens with one attached hydrogen (secondary N) is 3. The third-order valence-electron chi connectivity index (χ3n) is 7.05. The van der Waals surface area contributed by atoms with Crippen molar-refractivity contribution >= 4 is 27.9 Å². The lowest BCUT2D eigenvalue weighted by Gasteiger charge is -2.57. The number of carboxylic acid groups (broad SMARTS) is 1. The zero-order chi connectivity index (χ0) is 27.4. The van der Waals surface area contributed by atoms with Crippen molar-refractivity contribution in [1.29, 1.82) is 0 Å². The van der Waals surface area contributed by atoms with Gasteiger partial charge in [-0.15, -0.1) is 0 Å². The average molecular weight is 545 g/mol. The van der Waals surface area contributed by atoms with Crippen LogP contribution in [0.5, 0.6) is 0 Å². The Kier molecular flexibility index (Phi) is 6.56. The molecule has 0 saturated carbocycles. The maximum atomic E-state index is 15.3. The lowest BCUT2D eigenvalue weighted by molar-refractivity contribution is -0.0139. The van der Waals surface area contributed by atoms with E-state index in [0.29, 0.717) is 11.3 Å². The molecule has 4 N–H and O–H groups in total. The zero-order valence-electron chi connectivity index (χ0n) is 20.6. The molecule has 4 heterocycles. The second-order valence-electron chi connectivity index (χ2n) is 9.96. The first kappa shape index (κ1) is 26.9. The Hall–Kier alpha value is -3.13. The molecule has 0 unspecified atom stereocenters. The van der Waals surface area contributed by atoms with Gasteiger partial charge in [0.25, 0.3) is 5.92 Å². The summed E-state index contributed by atoms with van der Waals surface area (Å²) < 4.78 is 73.2. The quantitative estimate of drug-likeness (QED) is 0.297. The molecule has 1 fully saturated rings. The summed E-state index contributed by atoms with van der Waals surface area (Å²) in [6, 6.07) is 3.69. The first-order valence-corrected chi connectivity index (χ1v) is 13.2. The summed E-state index contributed by atoms with van der Waals surface area (Å²) in [6.45, 7) is 5.12. The average Bonchev–Trinajstić information content (AvgIpc) is 2.79. The van der Waals surface area contributed by atoms with Gasteiger partial charge in [-0.2, -0.15) is 0 Å². The van der Waals surface area contributed by atoms with Gasteiger partial charge in [0.2, 0.25) is 0 Å². The van der Waals surface area contributed by atoms with Gasteiger partial charge in [-0.3, -0.25) is 24.2 Å². The lowest BCUT2D eigenvalue weighted by atomic mass is 9.88. The number of pyridine rings is 2. The molecule has 2 aromatic rings. The highest BCUT2D eigenvalue weighted by molar-refractivity contribution is 8.04. The summed E-state index contributed by atoms with van der Waals surface area (Å²) in [6.07, 6.45) is -1.30. The number of amides is 1. The summed E-state index contributed by atoms with van der Waals surface area (Å²) in [7, 11) is -3.87. The number of aryl methyl sites for hydroxylation is 1. The van der Waals surface area contributed by atoms with Crippen molar-refractivity contribution in [2.45, 2.75) is 62.1 Å². The van der Waals surface area contributed by atoms with Crippen LogP contribution in [0.1, 0.15) is 44.1 Å². The molecule has 37 heavy (non-hydrogen) atoms. The Labute approximate surface area is 211 Å². The van der Waals surface area contributed by atoms with Crippen LogP contribution >= 0.6 is 0 Å². The molecule has 0 bridgehead atoms. The predicted octanol–water partition coefficient (Wildman–Crippen LogP) is 3.28. The fourth-order valence-electron chi connectivity index (χ4n) is 4.88. The molecular weight excluding hydrogens is 516 g/mol. The largest absolute Gasteiger partial charge is 0.465 e. The first-order chi connectivity index (χ1) is 17.1. The molecule has 0 aliphatic carbocycles. The van der Waals surface area contributed by atoms with Crippen molar-refractivity contribution in [1.82, 2.24) is 20.0 Å². The van der Waals surface area contributed by atoms with Gasteiger partial charge in [-0.05, 0) is 61.6 Å². The van der Waals surface area contributed by atoms with E-state index < -0.39 is 62.3 Å². The van der Waals surface area contributed by atoms with Crippen LogP contribution in [0.2, 0.25) is 0 Å². The standard InChI is InChI=1S/C23H28F4N6O3S/c1-12-7-13(24)9-28-15(12)10-29-17-6-5-14(25)18(31-17)22(4)16-8-23(26,27)11-30-37(16,36)21(2,3)19(33-22)32-20(34)35/h5-7,9,16,37H,8,10-11H2,1-4H3,(H,29,31)(H,30,36)(H,32,33)(H,34,35)/t16-,22+/m1/s1. The molecule has 2 aromatic heterocycles. The molecule has 14 heteroatoms. The minimum Gasteiger partial charge on any atom is -0.465 e. The molecule has 1 amide bonds. The Morgan fingerprint density at radius 3 is 2.62 bits per heavy atom. The van der Waals surface area contributed by atoms with E-state index in [9.17, 15) is 27.3 Å². The van der Waals surface area contributed by atoms with Crippen LogP contribution in [-0.2, 0) is 22.2 Å². The van der Waals surface area contributed by atoms with E-state index in [4.69, 9.17) is 0 Å². The summed E-state index contributed by atoms with van der Waals surface area (Å²) in [5, 5.41) is 13.1. The maximum Gasteiger partial charge on any atom is 0.410 e. The van der Waals surface area contributed by atoms with Crippen LogP contribution < -0.4 is 15.4 Å². The molecule has 1 saturated heterocycles. The number of thiol groups is 1. The number of anilines is 1. The van der Waals surface area contributed by atoms with Crippen molar-refractivity contribution in [2.24, 2.45) is 4.99 Å². The van der Waals surface area contributed by atoms with Crippen molar-refractivity contribution in [3.63, 3.8) is 0 Å². The summed E-state index contributed by atoms with van der Waals surface area (Å²) in [5.41, 5.74) is -1.20. The van der Waals surface area contributed by atoms with Gasteiger partial charge in [0.1, 0.15) is 34.5 Å². The molecule has 202 valence electrons. The number of carbonyl (C=O) groups is 1. The van der Waals surface area contributed by atoms with E-state index in [1.54, 1.807) is 6.92 Å². The summed E-state index contributed by atoms with van der Waals surface area (Å²) in [5.74, 6) is -4.75. The highest BCUT2D eigenvalue weighted by atomic mass is 32.3. The summed E-state index contributed by atoms with van der Waals surface area (Å²) >= 11 is 0. The van der Waals surface area contributed by atoms with E-state index in [1.165, 1.54) is 32.9 Å². The molecule has 0 spiro atoms. The number of rotatable bonds is 4. The Morgan fingerprint density at radius 1 is 1.27 bits per heavy atom. The Morgan fingerprint density at radius 2 is 1.97 bits per heavy atom. The van der Waals surface area contributed by atoms with E-state index in [2.05, 4.69) is 30.3 Å². The van der Waals surface area contributed by atoms with Crippen LogP contribution in [0.4, 0.5) is 28.2 Å². The van der Waals surface area contributed by atoms with E-state index in [-0.39, 0.29) is 23.9 Å². The van der Waals surface area contributed by atoms with Crippen LogP contribution in [-0.4, -0.2) is 53.7 Å². The number of fused-ring (bicyclic) bond motifs is 1. The van der Waals surface area contributed by atoms with Gasteiger partial charge in [0, 0.05) is 6.42 Å². The van der Waals surface area contributed by atoms with Gasteiger partial charge in [0.05, 0.1) is 35.0 Å². The number of amidine groups is 1. The fraction of sp³-hybridized carbons (Fsp3) is 0.478. The Bertz CT molecular complexity index is 1340. The number of halogens is 4. The minimum absolute atomic E-state index is 0.102.